The Morgan fingerprint density at radius 3 is 2.60 bits per heavy atom. The van der Waals surface area contributed by atoms with Gasteiger partial charge >= 0.3 is 0 Å². The van der Waals surface area contributed by atoms with Crippen LogP contribution in [0.25, 0.3) is 11.1 Å². The molecule has 0 spiro atoms. The average molecular weight is 266 g/mol. The van der Waals surface area contributed by atoms with Gasteiger partial charge in [0.05, 0.1) is 0 Å². The SMILES string of the molecule is O=C1CCCC(c2ccc(O)c(-c3ccccc3)c2)C1. The van der Waals surface area contributed by atoms with E-state index in [1.165, 1.54) is 0 Å². The summed E-state index contributed by atoms with van der Waals surface area (Å²) in [5.74, 6) is 0.956. The second kappa shape index (κ2) is 5.49. The van der Waals surface area contributed by atoms with Gasteiger partial charge in [0.1, 0.15) is 11.5 Å². The van der Waals surface area contributed by atoms with E-state index in [4.69, 9.17) is 0 Å². The number of ketones is 1. The molecule has 0 amide bonds. The Kier molecular flexibility index (Phi) is 3.55. The second-order valence-electron chi connectivity index (χ2n) is 5.47. The lowest BCUT2D eigenvalue weighted by molar-refractivity contribution is -0.120. The van der Waals surface area contributed by atoms with E-state index < -0.39 is 0 Å². The molecule has 2 nitrogen and oxygen atoms in total. The first-order chi connectivity index (χ1) is 9.74. The molecule has 1 atom stereocenters. The van der Waals surface area contributed by atoms with Gasteiger partial charge in [-0.2, -0.15) is 0 Å². The highest BCUT2D eigenvalue weighted by Crippen LogP contribution is 2.36. The van der Waals surface area contributed by atoms with E-state index in [9.17, 15) is 9.90 Å². The van der Waals surface area contributed by atoms with Crippen LogP contribution in [-0.2, 0) is 4.79 Å². The van der Waals surface area contributed by atoms with Crippen molar-refractivity contribution in [2.24, 2.45) is 0 Å². The number of rotatable bonds is 2. The van der Waals surface area contributed by atoms with Gasteiger partial charge in [0.15, 0.2) is 0 Å². The van der Waals surface area contributed by atoms with Crippen molar-refractivity contribution >= 4 is 5.78 Å². The van der Waals surface area contributed by atoms with E-state index in [-0.39, 0.29) is 0 Å². The molecule has 1 unspecified atom stereocenters. The van der Waals surface area contributed by atoms with Gasteiger partial charge in [-0.25, -0.2) is 0 Å². The molecule has 0 bridgehead atoms. The largest absolute Gasteiger partial charge is 0.507 e. The molecule has 1 aliphatic rings. The van der Waals surface area contributed by atoms with Gasteiger partial charge in [0.25, 0.3) is 0 Å². The van der Waals surface area contributed by atoms with Gasteiger partial charge < -0.3 is 5.11 Å². The summed E-state index contributed by atoms with van der Waals surface area (Å²) < 4.78 is 0. The van der Waals surface area contributed by atoms with Crippen LogP contribution >= 0.6 is 0 Å². The molecule has 20 heavy (non-hydrogen) atoms. The number of benzene rings is 2. The third-order valence-corrected chi connectivity index (χ3v) is 4.06. The topological polar surface area (TPSA) is 37.3 Å². The number of carbonyl (C=O) groups is 1. The van der Waals surface area contributed by atoms with Crippen LogP contribution < -0.4 is 0 Å². The number of aromatic hydroxyl groups is 1. The molecule has 3 rings (SSSR count). The van der Waals surface area contributed by atoms with Crippen molar-refractivity contribution in [3.8, 4) is 16.9 Å². The average Bonchev–Trinajstić information content (AvgIpc) is 2.48. The molecule has 102 valence electrons. The van der Waals surface area contributed by atoms with Crippen molar-refractivity contribution < 1.29 is 9.90 Å². The summed E-state index contributed by atoms with van der Waals surface area (Å²) >= 11 is 0. The molecule has 0 heterocycles. The van der Waals surface area contributed by atoms with Crippen LogP contribution in [0, 0.1) is 0 Å². The van der Waals surface area contributed by atoms with Crippen LogP contribution in [0.2, 0.25) is 0 Å². The zero-order valence-corrected chi connectivity index (χ0v) is 11.4. The summed E-state index contributed by atoms with van der Waals surface area (Å²) in [5.41, 5.74) is 3.02. The van der Waals surface area contributed by atoms with E-state index in [1.54, 1.807) is 6.07 Å². The van der Waals surface area contributed by atoms with Crippen molar-refractivity contribution in [1.29, 1.82) is 0 Å². The third-order valence-electron chi connectivity index (χ3n) is 4.06. The molecule has 1 saturated carbocycles. The minimum Gasteiger partial charge on any atom is -0.507 e. The third kappa shape index (κ3) is 2.60. The summed E-state index contributed by atoms with van der Waals surface area (Å²) in [6.45, 7) is 0. The summed E-state index contributed by atoms with van der Waals surface area (Å²) in [4.78, 5) is 11.6. The molecule has 2 aromatic rings. The number of phenolic OH excluding ortho intramolecular Hbond substituents is 1. The highest BCUT2D eigenvalue weighted by molar-refractivity contribution is 5.80. The first-order valence-corrected chi connectivity index (χ1v) is 7.14. The summed E-state index contributed by atoms with van der Waals surface area (Å²) in [7, 11) is 0. The number of carbonyl (C=O) groups excluding carboxylic acids is 1. The minimum atomic E-state index is 0.294. The standard InChI is InChI=1S/C18H18O2/c19-16-8-4-7-14(11-16)15-9-10-18(20)17(12-15)13-5-2-1-3-6-13/h1-3,5-6,9-10,12,14,20H,4,7-8,11H2. The molecule has 0 aliphatic heterocycles. The Labute approximate surface area is 119 Å². The fourth-order valence-corrected chi connectivity index (χ4v) is 2.97. The van der Waals surface area contributed by atoms with Crippen molar-refractivity contribution in [2.75, 3.05) is 0 Å². The molecule has 0 radical (unpaired) electrons. The summed E-state index contributed by atoms with van der Waals surface area (Å²) in [6.07, 6.45) is 3.40. The predicted molar refractivity (Wildman–Crippen MR) is 79.8 cm³/mol. The Morgan fingerprint density at radius 1 is 1.05 bits per heavy atom. The van der Waals surface area contributed by atoms with E-state index in [0.29, 0.717) is 23.9 Å². The van der Waals surface area contributed by atoms with Crippen LogP contribution in [0.15, 0.2) is 48.5 Å². The van der Waals surface area contributed by atoms with Crippen LogP contribution in [-0.4, -0.2) is 10.9 Å². The van der Waals surface area contributed by atoms with Crippen molar-refractivity contribution in [2.45, 2.75) is 31.6 Å². The smallest absolute Gasteiger partial charge is 0.133 e. The fourth-order valence-electron chi connectivity index (χ4n) is 2.97. The molecular formula is C18H18O2. The molecule has 0 aromatic heterocycles. The predicted octanol–water partition coefficient (Wildman–Crippen LogP) is 4.29. The number of phenols is 1. The summed E-state index contributed by atoms with van der Waals surface area (Å²) in [5, 5.41) is 10.1. The van der Waals surface area contributed by atoms with Crippen LogP contribution in [0.5, 0.6) is 5.75 Å². The Bertz CT molecular complexity index is 617. The van der Waals surface area contributed by atoms with Crippen LogP contribution in [0.1, 0.15) is 37.2 Å². The molecule has 2 heteroatoms. The van der Waals surface area contributed by atoms with E-state index in [2.05, 4.69) is 0 Å². The zero-order valence-electron chi connectivity index (χ0n) is 11.4. The van der Waals surface area contributed by atoms with Crippen LogP contribution in [0.4, 0.5) is 0 Å². The number of hydrogen-bond acceptors (Lipinski definition) is 2. The lowest BCUT2D eigenvalue weighted by Crippen LogP contribution is -2.13. The lowest BCUT2D eigenvalue weighted by Gasteiger charge is -2.22. The molecule has 0 saturated heterocycles. The molecule has 2 aromatic carbocycles. The van der Waals surface area contributed by atoms with Gasteiger partial charge in [0.2, 0.25) is 0 Å². The molecule has 1 aliphatic carbocycles. The van der Waals surface area contributed by atoms with Crippen molar-refractivity contribution in [1.82, 2.24) is 0 Å². The molecule has 1 fully saturated rings. The quantitative estimate of drug-likeness (QED) is 0.880. The van der Waals surface area contributed by atoms with Crippen molar-refractivity contribution in [3.63, 3.8) is 0 Å². The molecule has 1 N–H and O–H groups in total. The minimum absolute atomic E-state index is 0.294. The van der Waals surface area contributed by atoms with Gasteiger partial charge in [-0.05, 0) is 42.0 Å². The highest BCUT2D eigenvalue weighted by atomic mass is 16.3. The zero-order chi connectivity index (χ0) is 13.9. The van der Waals surface area contributed by atoms with E-state index in [1.807, 2.05) is 42.5 Å². The van der Waals surface area contributed by atoms with Gasteiger partial charge in [-0.15, -0.1) is 0 Å². The maximum atomic E-state index is 11.6. The lowest BCUT2D eigenvalue weighted by atomic mass is 9.82. The van der Waals surface area contributed by atoms with Gasteiger partial charge in [-0.1, -0.05) is 36.4 Å². The molecular weight excluding hydrogens is 248 g/mol. The maximum Gasteiger partial charge on any atom is 0.133 e. The first-order valence-electron chi connectivity index (χ1n) is 7.14. The Morgan fingerprint density at radius 2 is 1.85 bits per heavy atom. The maximum absolute atomic E-state index is 11.6. The fraction of sp³-hybridized carbons (Fsp3) is 0.278. The number of hydrogen-bond donors (Lipinski definition) is 1. The summed E-state index contributed by atoms with van der Waals surface area (Å²) in [6, 6.07) is 15.6. The first kappa shape index (κ1) is 12.9. The highest BCUT2D eigenvalue weighted by Gasteiger charge is 2.21. The van der Waals surface area contributed by atoms with Crippen LogP contribution in [0.3, 0.4) is 0 Å². The second-order valence-corrected chi connectivity index (χ2v) is 5.47. The van der Waals surface area contributed by atoms with Crippen molar-refractivity contribution in [3.05, 3.63) is 54.1 Å². The van der Waals surface area contributed by atoms with E-state index in [0.717, 1.165) is 36.0 Å². The Balaban J connectivity index is 1.96. The van der Waals surface area contributed by atoms with Gasteiger partial charge in [-0.3, -0.25) is 4.79 Å². The Hall–Kier alpha value is -2.09. The monoisotopic (exact) mass is 266 g/mol. The normalized spacial score (nSPS) is 19.0. The van der Waals surface area contributed by atoms with Gasteiger partial charge in [0, 0.05) is 18.4 Å². The van der Waals surface area contributed by atoms with E-state index >= 15 is 0 Å². The number of Topliss-reactive ketones (excluding diaryl/α,β-unsaturated/α-hetero) is 1.